The van der Waals surface area contributed by atoms with Crippen LogP contribution in [0.1, 0.15) is 64.2 Å². The fraction of sp³-hybridized carbons (Fsp3) is 1.00. The molecule has 2 aliphatic rings. The van der Waals surface area contributed by atoms with Gasteiger partial charge in [-0.05, 0) is 51.4 Å². The molecule has 0 bridgehead atoms. The molecule has 0 heterocycles. The van der Waals surface area contributed by atoms with Crippen molar-refractivity contribution in [3.8, 4) is 0 Å². The van der Waals surface area contributed by atoms with Crippen molar-refractivity contribution in [1.29, 1.82) is 0 Å². The van der Waals surface area contributed by atoms with Crippen LogP contribution in [0.4, 0.5) is 0 Å². The minimum absolute atomic E-state index is 0.997. The van der Waals surface area contributed by atoms with Crippen LogP contribution in [0.3, 0.4) is 0 Å². The van der Waals surface area contributed by atoms with E-state index in [-0.39, 0.29) is 0 Å². The van der Waals surface area contributed by atoms with Crippen LogP contribution in [0.5, 0.6) is 0 Å². The Morgan fingerprint density at radius 2 is 0.340 bits per heavy atom. The van der Waals surface area contributed by atoms with Crippen LogP contribution in [-0.2, 0) is 188 Å². The topological polar surface area (TPSA) is 659 Å². The molecule has 2 aliphatic carbocycles. The number of rotatable bonds is 2. The van der Waals surface area contributed by atoms with E-state index >= 15 is 0 Å². The first-order valence-electron chi connectivity index (χ1n) is 11.6. The van der Waals surface area contributed by atoms with E-state index in [1.54, 1.807) is 0 Å². The molecule has 0 spiro atoms. The fourth-order valence-corrected chi connectivity index (χ4v) is 3.04. The van der Waals surface area contributed by atoms with Gasteiger partial charge in [0.15, 0.2) is 0 Å². The molecule has 0 aromatic rings. The van der Waals surface area contributed by atoms with Crippen molar-refractivity contribution in [1.82, 2.24) is 0 Å². The van der Waals surface area contributed by atoms with Crippen molar-refractivity contribution in [2.75, 3.05) is 0 Å². The summed E-state index contributed by atoms with van der Waals surface area (Å²) in [6.07, 6.45) is 15.0. The van der Waals surface area contributed by atoms with E-state index in [9.17, 15) is 0 Å². The molecule has 2 rings (SSSR count). The molecule has 0 unspecified atom stereocenters. The number of hydrogen-bond acceptors (Lipinski definition) is 32. The van der Waals surface area contributed by atoms with Crippen molar-refractivity contribution < 1.29 is 254 Å². The minimum atomic E-state index is -6.02. The molecule has 33 nitrogen and oxygen atoms in total. The molecule has 2 N–H and O–H groups in total. The van der Waals surface area contributed by atoms with Crippen LogP contribution in [0, 0.1) is 0 Å². The predicted octanol–water partition coefficient (Wildman–Crippen LogP) is -18.7. The van der Waals surface area contributed by atoms with Crippen LogP contribution < -0.4 is 65.5 Å². The Bertz CT molecular complexity index is 1360. The molecule has 0 aromatic carbocycles. The average molecular weight is 1460 g/mol. The summed E-state index contributed by atoms with van der Waals surface area (Å²) >= 11 is -48.2. The van der Waals surface area contributed by atoms with E-state index < -0.39 is 134 Å². The third-order valence-electron chi connectivity index (χ3n) is 3.84. The molecule has 41 heteroatoms. The van der Waals surface area contributed by atoms with Gasteiger partial charge in [0.25, 0.3) is 0 Å². The second-order valence-electron chi connectivity index (χ2n) is 8.25. The van der Waals surface area contributed by atoms with Crippen molar-refractivity contribution in [2.24, 2.45) is 0 Å². The van der Waals surface area contributed by atoms with Gasteiger partial charge in [-0.25, -0.2) is 0 Å². The van der Waals surface area contributed by atoms with E-state index in [2.05, 4.69) is 5.32 Å². The summed E-state index contributed by atoms with van der Waals surface area (Å²) in [4.78, 5) is 0. The Hall–Kier alpha value is 1.63. The van der Waals surface area contributed by atoms with Gasteiger partial charge in [-0.2, -0.15) is 0 Å². The standard InChI is InChI=1S/C12H23N.8Mo.32O/c1-3-7-11(8-4-1)13-12-9-5-2-6-10-12;;;;;;;;;;;;;;;;;;;;;;;;;;;;;;;;;;;;;;;;/h11-13H,1-10H2;;;;;;;;;;;;;;;;;;;;;;;;;;;;;;;;;;;;;;;;/q;;;;;;;;;;;;;;;;;;;;;;;;;16*-1/p+1. The second kappa shape index (κ2) is 33.5. The van der Waals surface area contributed by atoms with Crippen molar-refractivity contribution in [3.63, 3.8) is 0 Å². The Balaban J connectivity index is -0.0000000935. The van der Waals surface area contributed by atoms with Crippen LogP contribution in [0.15, 0.2) is 0 Å². The monoisotopic (exact) mass is 1480 g/mol. The molecule has 0 saturated heterocycles. The Kier molecular flexibility index (Phi) is 43.7. The van der Waals surface area contributed by atoms with E-state index in [1.807, 2.05) is 0 Å². The zero-order chi connectivity index (χ0) is 44.9. The SMILES string of the molecule is C1CCC([NH2+]C2CCCCC2)CC1.[O]=[Mo](=[O])([O-])[O-].[O]=[Mo](=[O])([O-])[O-].[O]=[Mo](=[O])([O-])[O-].[O]=[Mo](=[O])([O-])[O-].[O]=[Mo](=[O])([O-])[O-].[O]=[Mo](=[O])([O-])[O-].[O]=[Mo](=[O])([O-])[O-].[O]=[Mo](=[O])([O-])[O-]. The quantitative estimate of drug-likeness (QED) is 0.251. The molecule has 0 aliphatic heterocycles. The van der Waals surface area contributed by atoms with Crippen LogP contribution in [-0.4, -0.2) is 12.1 Å². The molecule has 0 radical (unpaired) electrons. The van der Waals surface area contributed by atoms with Crippen LogP contribution in [0.2, 0.25) is 0 Å². The molecule has 0 amide bonds. The molecule has 53 heavy (non-hydrogen) atoms. The van der Waals surface area contributed by atoms with Crippen molar-refractivity contribution in [2.45, 2.75) is 76.3 Å². The maximum absolute atomic E-state index is 8.63. The average Bonchev–Trinajstić information content (AvgIpc) is 2.71. The summed E-state index contributed by atoms with van der Waals surface area (Å²) in [5.74, 6) is 0. The van der Waals surface area contributed by atoms with Gasteiger partial charge in [0.1, 0.15) is 0 Å². The normalized spacial score (nSPS) is 15.5. The molecular weight excluding hydrogens is 1440 g/mol. The first kappa shape index (κ1) is 69.3. The van der Waals surface area contributed by atoms with Gasteiger partial charge in [-0.1, -0.05) is 12.8 Å². The van der Waals surface area contributed by atoms with Crippen LogP contribution >= 0.6 is 0 Å². The Morgan fingerprint density at radius 3 is 0.434 bits per heavy atom. The first-order chi connectivity index (χ1) is 22.4. The van der Waals surface area contributed by atoms with Crippen LogP contribution in [0.25, 0.3) is 0 Å². The van der Waals surface area contributed by atoms with Gasteiger partial charge in [-0.15, -0.1) is 0 Å². The van der Waals surface area contributed by atoms with E-state index in [0.717, 1.165) is 12.1 Å². The summed E-state index contributed by atoms with van der Waals surface area (Å²) < 4.78 is 276. The first-order valence-corrected chi connectivity index (χ1v) is 37.9. The zero-order valence-corrected chi connectivity index (χ0v) is 41.2. The summed E-state index contributed by atoms with van der Waals surface area (Å²) in [5, 5.41) is 2.72. The van der Waals surface area contributed by atoms with Gasteiger partial charge in [0.2, 0.25) is 0 Å². The summed E-state index contributed by atoms with van der Waals surface area (Å²) in [6, 6.07) is 1.99. The molecule has 2 fully saturated rings. The fourth-order valence-electron chi connectivity index (χ4n) is 3.04. The molecular formula is C12H24Mo8NO32-15. The van der Waals surface area contributed by atoms with Crippen molar-refractivity contribution in [3.05, 3.63) is 0 Å². The summed E-state index contributed by atoms with van der Waals surface area (Å²) in [6.45, 7) is 0. The van der Waals surface area contributed by atoms with E-state index in [0.29, 0.717) is 0 Å². The van der Waals surface area contributed by atoms with Gasteiger partial charge in [-0.3, -0.25) is 0 Å². The Labute approximate surface area is 326 Å². The third kappa shape index (κ3) is 306. The second-order valence-corrected chi connectivity index (χ2v) is 24.3. The molecule has 0 atom stereocenters. The van der Waals surface area contributed by atoms with Gasteiger partial charge >= 0.3 is 248 Å². The summed E-state index contributed by atoms with van der Waals surface area (Å²) in [5.41, 5.74) is 0. The van der Waals surface area contributed by atoms with Gasteiger partial charge in [0.05, 0.1) is 12.1 Å². The Morgan fingerprint density at radius 1 is 0.245 bits per heavy atom. The number of hydrogen-bond donors (Lipinski definition) is 1. The molecule has 332 valence electrons. The summed E-state index contributed by atoms with van der Waals surface area (Å²) in [7, 11) is 0. The maximum atomic E-state index is 8.63. The van der Waals surface area contributed by atoms with E-state index in [4.69, 9.17) is 115 Å². The number of quaternary nitrogens is 1. The predicted molar refractivity (Wildman–Crippen MR) is 66.7 cm³/mol. The third-order valence-corrected chi connectivity index (χ3v) is 3.84. The van der Waals surface area contributed by atoms with Crippen molar-refractivity contribution >= 4 is 0 Å². The molecule has 0 aromatic heterocycles. The van der Waals surface area contributed by atoms with E-state index in [1.165, 1.54) is 64.2 Å². The zero-order valence-electron chi connectivity index (χ0n) is 25.1. The molecule has 2 saturated carbocycles. The van der Waals surface area contributed by atoms with Gasteiger partial charge in [0, 0.05) is 0 Å². The van der Waals surface area contributed by atoms with Gasteiger partial charge < -0.3 is 5.32 Å². The number of nitrogens with two attached hydrogens (primary N) is 1.